The van der Waals surface area contributed by atoms with Gasteiger partial charge in [-0.05, 0) is 62.6 Å². The topological polar surface area (TPSA) is 64.2 Å². The highest BCUT2D eigenvalue weighted by molar-refractivity contribution is 6.31. The average Bonchev–Trinajstić information content (AvgIpc) is 2.80. The van der Waals surface area contributed by atoms with Gasteiger partial charge in [-0.2, -0.15) is 4.73 Å². The molecule has 0 amide bonds. The van der Waals surface area contributed by atoms with Gasteiger partial charge in [0.1, 0.15) is 5.75 Å². The molecule has 0 spiro atoms. The Morgan fingerprint density at radius 3 is 1.97 bits per heavy atom. The number of hydrogen-bond donors (Lipinski definition) is 2. The predicted octanol–water partition coefficient (Wildman–Crippen LogP) is 5.15. The van der Waals surface area contributed by atoms with Crippen molar-refractivity contribution in [1.82, 2.24) is 14.5 Å². The van der Waals surface area contributed by atoms with Gasteiger partial charge in [0.2, 0.25) is 0 Å². The summed E-state index contributed by atoms with van der Waals surface area (Å²) in [6.07, 6.45) is 1.56. The highest BCUT2D eigenvalue weighted by atomic mass is 35.5. The molecule has 7 heteroatoms. The van der Waals surface area contributed by atoms with Crippen LogP contribution in [0.3, 0.4) is 0 Å². The van der Waals surface area contributed by atoms with Crippen LogP contribution in [0.5, 0.6) is 5.75 Å². The van der Waals surface area contributed by atoms with Crippen LogP contribution in [0.4, 0.5) is 5.69 Å². The average molecular weight is 457 g/mol. The zero-order valence-electron chi connectivity index (χ0n) is 19.3. The number of aromatic nitrogens is 1. The van der Waals surface area contributed by atoms with Gasteiger partial charge in [0.05, 0.1) is 16.6 Å². The molecule has 6 nitrogen and oxygen atoms in total. The largest absolute Gasteiger partial charge is 0.507 e. The van der Waals surface area contributed by atoms with Crippen molar-refractivity contribution >= 4 is 28.2 Å². The first-order chi connectivity index (χ1) is 15.4. The van der Waals surface area contributed by atoms with Gasteiger partial charge < -0.3 is 10.3 Å². The van der Waals surface area contributed by atoms with Crippen LogP contribution < -0.4 is 5.36 Å². The number of hydrogen-bond acceptors (Lipinski definition) is 5. The fourth-order valence-electron chi connectivity index (χ4n) is 3.88. The molecule has 0 fully saturated rings. The molecule has 172 valence electrons. The number of rotatable bonds is 9. The third-order valence-corrected chi connectivity index (χ3v) is 6.17. The molecule has 2 aromatic carbocycles. The Labute approximate surface area is 195 Å². The Morgan fingerprint density at radius 1 is 0.875 bits per heavy atom. The van der Waals surface area contributed by atoms with Gasteiger partial charge in [-0.1, -0.05) is 39.3 Å². The fourth-order valence-corrected chi connectivity index (χ4v) is 4.05. The standard InChI is InChI=1S/C25H33ClN4O2/c1-5-28(6-2)16-18-13-21(14-19(25(18)31)17-29(7-3)8-4)27-23-11-12-30(32)24-15-20(26)9-10-22(23)24/h9-15,31-32H,5-8,16-17H2,1-4H3. The van der Waals surface area contributed by atoms with Crippen molar-refractivity contribution in [2.24, 2.45) is 4.99 Å². The number of phenols is 1. The van der Waals surface area contributed by atoms with E-state index in [0.717, 1.165) is 58.5 Å². The van der Waals surface area contributed by atoms with Crippen LogP contribution in [0.25, 0.3) is 10.9 Å². The van der Waals surface area contributed by atoms with Crippen molar-refractivity contribution < 1.29 is 10.3 Å². The van der Waals surface area contributed by atoms with Crippen LogP contribution in [0.15, 0.2) is 47.6 Å². The molecule has 1 aromatic heterocycles. The van der Waals surface area contributed by atoms with Crippen molar-refractivity contribution in [3.8, 4) is 5.75 Å². The lowest BCUT2D eigenvalue weighted by molar-refractivity contribution is 0.198. The third-order valence-electron chi connectivity index (χ3n) is 5.94. The summed E-state index contributed by atoms with van der Waals surface area (Å²) in [4.78, 5) is 9.45. The fraction of sp³-hybridized carbons (Fsp3) is 0.400. The second kappa shape index (κ2) is 10.9. The molecule has 3 aromatic rings. The van der Waals surface area contributed by atoms with Gasteiger partial charge in [0.15, 0.2) is 0 Å². The van der Waals surface area contributed by atoms with Crippen molar-refractivity contribution in [2.75, 3.05) is 26.2 Å². The Kier molecular flexibility index (Phi) is 8.18. The van der Waals surface area contributed by atoms with Crippen molar-refractivity contribution in [3.63, 3.8) is 0 Å². The zero-order chi connectivity index (χ0) is 23.3. The lowest BCUT2D eigenvalue weighted by Gasteiger charge is -2.23. The molecule has 1 heterocycles. The highest BCUT2D eigenvalue weighted by Gasteiger charge is 2.14. The SMILES string of the molecule is CCN(CC)Cc1cc(N=c2ccn(O)c3cc(Cl)ccc23)cc(CN(CC)CC)c1O. The van der Waals surface area contributed by atoms with E-state index >= 15 is 0 Å². The minimum atomic E-state index is 0.348. The lowest BCUT2D eigenvalue weighted by Crippen LogP contribution is -2.24. The maximum atomic E-state index is 11.1. The van der Waals surface area contributed by atoms with Crippen LogP contribution in [-0.2, 0) is 13.1 Å². The van der Waals surface area contributed by atoms with E-state index in [0.29, 0.717) is 29.4 Å². The summed E-state index contributed by atoms with van der Waals surface area (Å²) in [6, 6.07) is 11.1. The molecule has 0 unspecified atom stereocenters. The molecule has 32 heavy (non-hydrogen) atoms. The van der Waals surface area contributed by atoms with Crippen LogP contribution in [0.1, 0.15) is 38.8 Å². The van der Waals surface area contributed by atoms with Crippen LogP contribution in [0.2, 0.25) is 5.02 Å². The molecule has 0 aliphatic heterocycles. The summed E-state index contributed by atoms with van der Waals surface area (Å²) in [5, 5.41) is 23.3. The summed E-state index contributed by atoms with van der Waals surface area (Å²) >= 11 is 6.12. The second-order valence-corrected chi connectivity index (χ2v) is 8.29. The van der Waals surface area contributed by atoms with Crippen LogP contribution in [0, 0.1) is 0 Å². The molecular weight excluding hydrogens is 424 g/mol. The molecule has 0 aliphatic carbocycles. The molecule has 2 N–H and O–H groups in total. The first-order valence-electron chi connectivity index (χ1n) is 11.2. The number of phenolic OH excluding ortho intramolecular Hbond substituents is 1. The van der Waals surface area contributed by atoms with E-state index in [1.807, 2.05) is 18.2 Å². The van der Waals surface area contributed by atoms with Gasteiger partial charge in [0.25, 0.3) is 0 Å². The number of nitrogens with zero attached hydrogens (tertiary/aromatic N) is 4. The number of pyridine rings is 1. The quantitative estimate of drug-likeness (QED) is 0.437. The molecule has 0 saturated carbocycles. The van der Waals surface area contributed by atoms with E-state index in [2.05, 4.69) is 37.5 Å². The minimum absolute atomic E-state index is 0.348. The molecule has 0 saturated heterocycles. The minimum Gasteiger partial charge on any atom is -0.507 e. The zero-order valence-corrected chi connectivity index (χ0v) is 20.1. The van der Waals surface area contributed by atoms with E-state index in [4.69, 9.17) is 16.6 Å². The van der Waals surface area contributed by atoms with Gasteiger partial charge in [0, 0.05) is 40.8 Å². The Hall–Kier alpha value is -2.54. The Bertz CT molecular complexity index is 1100. The molecular formula is C25H33ClN4O2. The maximum Gasteiger partial charge on any atom is 0.124 e. The number of benzene rings is 2. The number of aromatic hydroxyl groups is 1. The lowest BCUT2D eigenvalue weighted by atomic mass is 10.1. The van der Waals surface area contributed by atoms with Gasteiger partial charge >= 0.3 is 0 Å². The first kappa shape index (κ1) is 24.1. The van der Waals surface area contributed by atoms with Crippen LogP contribution >= 0.6 is 11.6 Å². The van der Waals surface area contributed by atoms with E-state index < -0.39 is 0 Å². The van der Waals surface area contributed by atoms with E-state index in [-0.39, 0.29) is 0 Å². The van der Waals surface area contributed by atoms with Gasteiger partial charge in [-0.15, -0.1) is 0 Å². The smallest absolute Gasteiger partial charge is 0.124 e. The van der Waals surface area contributed by atoms with E-state index in [9.17, 15) is 10.3 Å². The molecule has 0 atom stereocenters. The second-order valence-electron chi connectivity index (χ2n) is 7.85. The third kappa shape index (κ3) is 5.44. The summed E-state index contributed by atoms with van der Waals surface area (Å²) in [6.45, 7) is 13.4. The monoisotopic (exact) mass is 456 g/mol. The summed E-state index contributed by atoms with van der Waals surface area (Å²) < 4.78 is 1.05. The molecule has 0 radical (unpaired) electrons. The first-order valence-corrected chi connectivity index (χ1v) is 11.6. The summed E-state index contributed by atoms with van der Waals surface area (Å²) in [5.41, 5.74) is 3.11. The van der Waals surface area contributed by atoms with E-state index in [1.54, 1.807) is 24.4 Å². The highest BCUT2D eigenvalue weighted by Crippen LogP contribution is 2.31. The number of halogens is 1. The van der Waals surface area contributed by atoms with Crippen molar-refractivity contribution in [3.05, 3.63) is 64.1 Å². The predicted molar refractivity (Wildman–Crippen MR) is 131 cm³/mol. The number of fused-ring (bicyclic) bond motifs is 1. The Balaban J connectivity index is 2.17. The van der Waals surface area contributed by atoms with Gasteiger partial charge in [-0.3, -0.25) is 9.80 Å². The van der Waals surface area contributed by atoms with Gasteiger partial charge in [-0.25, -0.2) is 4.99 Å². The van der Waals surface area contributed by atoms with E-state index in [1.165, 1.54) is 0 Å². The van der Waals surface area contributed by atoms with Crippen LogP contribution in [-0.4, -0.2) is 51.0 Å². The summed E-state index contributed by atoms with van der Waals surface area (Å²) in [7, 11) is 0. The molecule has 0 bridgehead atoms. The molecule has 0 aliphatic rings. The maximum absolute atomic E-state index is 11.1. The summed E-state index contributed by atoms with van der Waals surface area (Å²) in [5.74, 6) is 0.348. The normalized spacial score (nSPS) is 12.4. The molecule has 3 rings (SSSR count). The Morgan fingerprint density at radius 2 is 1.44 bits per heavy atom. The van der Waals surface area contributed by atoms with Crippen molar-refractivity contribution in [1.29, 1.82) is 0 Å². The van der Waals surface area contributed by atoms with Crippen molar-refractivity contribution in [2.45, 2.75) is 40.8 Å².